The van der Waals surface area contributed by atoms with Crippen molar-refractivity contribution in [2.45, 2.75) is 92.1 Å². The van der Waals surface area contributed by atoms with Gasteiger partial charge < -0.3 is 60.5 Å². The Hall–Kier alpha value is -3.90. The molecule has 14 nitrogen and oxygen atoms in total. The highest BCUT2D eigenvalue weighted by molar-refractivity contribution is 5.83. The van der Waals surface area contributed by atoms with Gasteiger partial charge in [0.1, 0.15) is 61.0 Å². The molecule has 2 aromatic rings. The highest BCUT2D eigenvalue weighted by Gasteiger charge is 2.46. The van der Waals surface area contributed by atoms with E-state index >= 15 is 0 Å². The third kappa shape index (κ3) is 7.33. The summed E-state index contributed by atoms with van der Waals surface area (Å²) in [4.78, 5) is 23.5. The number of benzene rings is 2. The van der Waals surface area contributed by atoms with Crippen LogP contribution in [0.2, 0.25) is 0 Å². The third-order valence-corrected chi connectivity index (χ3v) is 10.6. The molecule has 52 heavy (non-hydrogen) atoms. The number of piperidine rings is 1. The van der Waals surface area contributed by atoms with Gasteiger partial charge in [-0.25, -0.2) is 0 Å². The predicted octanol–water partition coefficient (Wildman–Crippen LogP) is -2.51. The number of ether oxygens (including phenoxy) is 2. The van der Waals surface area contributed by atoms with Crippen molar-refractivity contribution in [1.29, 1.82) is 0 Å². The number of carbonyl (C=O) groups excluding carboxylic acids is 2. The molecular formula is C38H44N2O12. The quantitative estimate of drug-likeness (QED) is 0.118. The van der Waals surface area contributed by atoms with Crippen molar-refractivity contribution in [2.24, 2.45) is 0 Å². The lowest BCUT2D eigenvalue weighted by molar-refractivity contribution is -0.214. The lowest BCUT2D eigenvalue weighted by atomic mass is 9.70. The Morgan fingerprint density at radius 3 is 1.60 bits per heavy atom. The maximum atomic E-state index is 11.6. The van der Waals surface area contributed by atoms with Crippen LogP contribution in [0.4, 0.5) is 0 Å². The van der Waals surface area contributed by atoms with E-state index in [-0.39, 0.29) is 5.91 Å². The van der Waals surface area contributed by atoms with Crippen LogP contribution in [0.3, 0.4) is 0 Å². The summed E-state index contributed by atoms with van der Waals surface area (Å²) in [5.74, 6) is 11.9. The molecule has 1 spiro atoms. The molecule has 1 aliphatic carbocycles. The number of likely N-dealkylation sites (tertiary alicyclic amines) is 1. The van der Waals surface area contributed by atoms with Gasteiger partial charge in [-0.1, -0.05) is 35.8 Å². The highest BCUT2D eigenvalue weighted by Crippen LogP contribution is 2.54. The molecule has 10 atom stereocenters. The summed E-state index contributed by atoms with van der Waals surface area (Å²) in [6, 6.07) is 11.6. The molecule has 0 aromatic heterocycles. The molecule has 4 fully saturated rings. The van der Waals surface area contributed by atoms with Crippen LogP contribution >= 0.6 is 0 Å². The van der Waals surface area contributed by atoms with Crippen molar-refractivity contribution in [3.63, 3.8) is 0 Å². The van der Waals surface area contributed by atoms with Gasteiger partial charge in [0.15, 0.2) is 0 Å². The van der Waals surface area contributed by atoms with Crippen LogP contribution in [0.15, 0.2) is 36.4 Å². The fourth-order valence-electron chi connectivity index (χ4n) is 7.52. The van der Waals surface area contributed by atoms with Crippen LogP contribution in [-0.2, 0) is 24.5 Å². The molecule has 9 N–H and O–H groups in total. The van der Waals surface area contributed by atoms with Crippen molar-refractivity contribution in [2.75, 3.05) is 32.8 Å². The van der Waals surface area contributed by atoms with E-state index in [0.29, 0.717) is 37.1 Å². The van der Waals surface area contributed by atoms with Crippen LogP contribution in [0.25, 0.3) is 11.1 Å². The van der Waals surface area contributed by atoms with E-state index in [1.165, 1.54) is 0 Å². The first-order chi connectivity index (χ1) is 25.0. The van der Waals surface area contributed by atoms with Gasteiger partial charge in [-0.2, -0.15) is 0 Å². The van der Waals surface area contributed by atoms with Crippen molar-refractivity contribution in [3.8, 4) is 34.8 Å². The molecule has 0 radical (unpaired) electrons. The summed E-state index contributed by atoms with van der Waals surface area (Å²) in [6.07, 6.45) is -9.42. The number of aliphatic hydroxyl groups excluding tert-OH is 8. The first-order valence-corrected chi connectivity index (χ1v) is 17.4. The number of nitrogens with zero attached hydrogens (tertiary/aromatic N) is 1. The van der Waals surface area contributed by atoms with Crippen LogP contribution in [0.5, 0.6) is 0 Å². The topological polar surface area (TPSA) is 230 Å². The summed E-state index contributed by atoms with van der Waals surface area (Å²) in [6.45, 7) is 0.859. The fraction of sp³-hybridized carbons (Fsp3) is 0.526. The molecule has 14 heteroatoms. The number of hydrogen-bond acceptors (Lipinski definition) is 12. The Morgan fingerprint density at radius 1 is 0.750 bits per heavy atom. The molecule has 7 rings (SSSR count). The van der Waals surface area contributed by atoms with E-state index in [2.05, 4.69) is 29.0 Å². The zero-order chi connectivity index (χ0) is 37.2. The normalized spacial score (nSPS) is 32.9. The minimum Gasteiger partial charge on any atom is -0.394 e. The minimum atomic E-state index is -1.52. The van der Waals surface area contributed by atoms with E-state index in [1.54, 1.807) is 4.90 Å². The summed E-state index contributed by atoms with van der Waals surface area (Å²) in [7, 11) is 0. The van der Waals surface area contributed by atoms with E-state index in [0.717, 1.165) is 48.1 Å². The maximum Gasteiger partial charge on any atom is 0.220 e. The molecule has 0 bridgehead atoms. The Kier molecular flexibility index (Phi) is 11.6. The van der Waals surface area contributed by atoms with Gasteiger partial charge in [-0.15, -0.1) is 0 Å². The van der Waals surface area contributed by atoms with Gasteiger partial charge in [-0.05, 0) is 65.8 Å². The average molecular weight is 721 g/mol. The van der Waals surface area contributed by atoms with Crippen molar-refractivity contribution in [1.82, 2.24) is 10.2 Å². The molecule has 4 saturated heterocycles. The number of hydrogen-bond donors (Lipinski definition) is 9. The molecule has 278 valence electrons. The molecule has 0 saturated carbocycles. The number of carbonyl (C=O) groups is 2. The zero-order valence-corrected chi connectivity index (χ0v) is 28.3. The molecule has 8 unspecified atom stereocenters. The lowest BCUT2D eigenvalue weighted by Gasteiger charge is -2.39. The standard InChI is InChI=1S/C34H37NO11.C4H7NO/c36-15-26-30(41)32(43)28(39)24(45-26)7-3-18-1-5-20-21-6-2-19(4-8-25-29(40)33(44)31(42)27(16-37)46-25)14-23(21)34(22(20)13-18)9-11-35(17-38)12-10-34;6-4-2-1-3-5-4/h1-2,5-6,13-14,17,24-33,36-37,39-44H,9-12,15-16H2;1-3H2,(H,5,6)/t24?,25?,26?,27?,28?,29?,30-,31-,32?,33?;/m1./s1. The fourth-order valence-corrected chi connectivity index (χ4v) is 7.52. The summed E-state index contributed by atoms with van der Waals surface area (Å²) < 4.78 is 11.1. The average Bonchev–Trinajstić information content (AvgIpc) is 3.75. The highest BCUT2D eigenvalue weighted by atomic mass is 16.5. The zero-order valence-electron chi connectivity index (χ0n) is 28.3. The monoisotopic (exact) mass is 720 g/mol. The molecule has 4 aliphatic heterocycles. The minimum absolute atomic E-state index is 0.204. The number of rotatable bonds is 3. The van der Waals surface area contributed by atoms with Crippen LogP contribution in [0, 0.1) is 23.7 Å². The first-order valence-electron chi connectivity index (χ1n) is 17.4. The van der Waals surface area contributed by atoms with Crippen LogP contribution < -0.4 is 5.32 Å². The summed E-state index contributed by atoms with van der Waals surface area (Å²) >= 11 is 0. The van der Waals surface area contributed by atoms with E-state index < -0.39 is 79.7 Å². The number of amides is 2. The molecule has 4 heterocycles. The predicted molar refractivity (Wildman–Crippen MR) is 183 cm³/mol. The van der Waals surface area contributed by atoms with Gasteiger partial charge in [0.2, 0.25) is 12.3 Å². The summed E-state index contributed by atoms with van der Waals surface area (Å²) in [5, 5.41) is 83.0. The van der Waals surface area contributed by atoms with E-state index in [4.69, 9.17) is 9.47 Å². The van der Waals surface area contributed by atoms with Gasteiger partial charge in [0.25, 0.3) is 0 Å². The van der Waals surface area contributed by atoms with Crippen LogP contribution in [-0.4, -0.2) is 152 Å². The second-order valence-electron chi connectivity index (χ2n) is 13.7. The molecule has 2 aromatic carbocycles. The number of fused-ring (bicyclic) bond motifs is 5. The largest absolute Gasteiger partial charge is 0.394 e. The lowest BCUT2D eigenvalue weighted by Crippen LogP contribution is -2.58. The Bertz CT molecular complexity index is 1640. The molecule has 5 aliphatic rings. The SMILES string of the molecule is O=C1CCCN1.O=CN1CCC2(CC1)c1cc(C#CC3OC(CO)[C@@H](O)C(O)C3O)ccc1-c1ccc(C#CC3OC(CO)[C@@H](O)C(O)C3O)cc12. The number of aliphatic hydroxyl groups is 8. The van der Waals surface area contributed by atoms with Gasteiger partial charge in [0, 0.05) is 42.6 Å². The smallest absolute Gasteiger partial charge is 0.220 e. The van der Waals surface area contributed by atoms with E-state index in [9.17, 15) is 50.4 Å². The van der Waals surface area contributed by atoms with Crippen molar-refractivity contribution in [3.05, 3.63) is 58.7 Å². The van der Waals surface area contributed by atoms with Gasteiger partial charge >= 0.3 is 0 Å². The maximum absolute atomic E-state index is 11.6. The third-order valence-electron chi connectivity index (χ3n) is 10.6. The second-order valence-corrected chi connectivity index (χ2v) is 13.7. The van der Waals surface area contributed by atoms with Crippen molar-refractivity contribution < 1.29 is 59.9 Å². The molecule has 2 amide bonds. The van der Waals surface area contributed by atoms with Gasteiger partial charge in [0.05, 0.1) is 13.2 Å². The van der Waals surface area contributed by atoms with E-state index in [1.807, 2.05) is 36.4 Å². The second kappa shape index (κ2) is 16.0. The summed E-state index contributed by atoms with van der Waals surface area (Å²) in [5.41, 5.74) is 4.83. The first kappa shape index (κ1) is 37.8. The Morgan fingerprint density at radius 2 is 1.23 bits per heavy atom. The number of nitrogens with one attached hydrogen (secondary N) is 1. The molecular weight excluding hydrogens is 676 g/mol. The Labute approximate surface area is 300 Å². The van der Waals surface area contributed by atoms with Gasteiger partial charge in [-0.3, -0.25) is 9.59 Å². The Balaban J connectivity index is 0.000000703. The van der Waals surface area contributed by atoms with Crippen LogP contribution in [0.1, 0.15) is 47.9 Å². The van der Waals surface area contributed by atoms with Crippen molar-refractivity contribution >= 4 is 12.3 Å².